The zero-order chi connectivity index (χ0) is 18.4. The number of carbonyl (C=O) groups is 1. The van der Waals surface area contributed by atoms with E-state index in [-0.39, 0.29) is 12.3 Å². The van der Waals surface area contributed by atoms with Crippen molar-refractivity contribution in [3.63, 3.8) is 0 Å². The molecule has 9 heteroatoms. The molecule has 1 amide bonds. The van der Waals surface area contributed by atoms with Gasteiger partial charge in [-0.1, -0.05) is 13.8 Å². The van der Waals surface area contributed by atoms with Gasteiger partial charge in [0.05, 0.1) is 18.2 Å². The Hall–Kier alpha value is -1.55. The molecule has 1 atom stereocenters. The molecule has 0 aromatic carbocycles. The molecule has 1 unspecified atom stereocenters. The number of aliphatic hydroxyl groups is 1. The van der Waals surface area contributed by atoms with Crippen molar-refractivity contribution in [2.24, 2.45) is 0 Å². The standard InChI is InChI=1S/C16H25N5O2S2/c1-10(2)13-7-18-16(25-13)20-14(23)5-11-9-24-15(19-11)17-6-12(22)8-21(3)4/h7,9-10,12,22H,5-6,8H2,1-4H3,(H,17,19)(H,18,20,23). The molecule has 0 bridgehead atoms. The lowest BCUT2D eigenvalue weighted by molar-refractivity contribution is -0.115. The Morgan fingerprint density at radius 2 is 2.12 bits per heavy atom. The zero-order valence-electron chi connectivity index (χ0n) is 14.9. The highest BCUT2D eigenvalue weighted by Crippen LogP contribution is 2.25. The number of amides is 1. The first-order chi connectivity index (χ1) is 11.8. The smallest absolute Gasteiger partial charge is 0.232 e. The summed E-state index contributed by atoms with van der Waals surface area (Å²) in [5.74, 6) is 0.271. The first kappa shape index (κ1) is 19.8. The van der Waals surface area contributed by atoms with Gasteiger partial charge in [0.2, 0.25) is 5.91 Å². The van der Waals surface area contributed by atoms with Crippen molar-refractivity contribution in [2.45, 2.75) is 32.3 Å². The number of likely N-dealkylation sites (N-methyl/N-ethyl adjacent to an activating group) is 1. The summed E-state index contributed by atoms with van der Waals surface area (Å²) < 4.78 is 0. The molecule has 0 spiro atoms. The second-order valence-corrected chi connectivity index (χ2v) is 8.31. The zero-order valence-corrected chi connectivity index (χ0v) is 16.6. The number of hydrogen-bond donors (Lipinski definition) is 3. The van der Waals surface area contributed by atoms with Crippen LogP contribution in [-0.2, 0) is 11.2 Å². The van der Waals surface area contributed by atoms with E-state index in [0.717, 1.165) is 4.88 Å². The normalized spacial score (nSPS) is 12.6. The summed E-state index contributed by atoms with van der Waals surface area (Å²) >= 11 is 2.92. The Morgan fingerprint density at radius 1 is 1.36 bits per heavy atom. The lowest BCUT2D eigenvalue weighted by atomic mass is 10.2. The van der Waals surface area contributed by atoms with Crippen LogP contribution in [0.25, 0.3) is 0 Å². The van der Waals surface area contributed by atoms with Crippen molar-refractivity contribution >= 4 is 38.8 Å². The summed E-state index contributed by atoms with van der Waals surface area (Å²) in [4.78, 5) is 23.8. The summed E-state index contributed by atoms with van der Waals surface area (Å²) in [5, 5.41) is 18.9. The third-order valence-corrected chi connectivity index (χ3v) is 5.36. The molecule has 0 saturated carbocycles. The van der Waals surface area contributed by atoms with Crippen molar-refractivity contribution in [3.05, 3.63) is 22.1 Å². The first-order valence-electron chi connectivity index (χ1n) is 8.10. The molecule has 0 radical (unpaired) electrons. The SMILES string of the molecule is CC(C)c1cnc(NC(=O)Cc2csc(NCC(O)CN(C)C)n2)s1. The summed E-state index contributed by atoms with van der Waals surface area (Å²) in [7, 11) is 3.83. The fourth-order valence-electron chi connectivity index (χ4n) is 2.10. The van der Waals surface area contributed by atoms with Gasteiger partial charge in [0.25, 0.3) is 0 Å². The van der Waals surface area contributed by atoms with Gasteiger partial charge in [-0.15, -0.1) is 22.7 Å². The lowest BCUT2D eigenvalue weighted by Gasteiger charge is -2.15. The minimum atomic E-state index is -0.467. The second-order valence-electron chi connectivity index (χ2n) is 6.39. The van der Waals surface area contributed by atoms with Crippen LogP contribution in [0.1, 0.15) is 30.3 Å². The molecular weight excluding hydrogens is 358 g/mol. The maximum Gasteiger partial charge on any atom is 0.232 e. The van der Waals surface area contributed by atoms with Gasteiger partial charge in [0, 0.05) is 29.5 Å². The van der Waals surface area contributed by atoms with Crippen molar-refractivity contribution in [1.82, 2.24) is 14.9 Å². The van der Waals surface area contributed by atoms with E-state index in [4.69, 9.17) is 0 Å². The first-order valence-corrected chi connectivity index (χ1v) is 9.79. The van der Waals surface area contributed by atoms with Crippen molar-refractivity contribution in [3.8, 4) is 0 Å². The third kappa shape index (κ3) is 6.69. The predicted molar refractivity (Wildman–Crippen MR) is 104 cm³/mol. The van der Waals surface area contributed by atoms with E-state index in [1.54, 1.807) is 6.20 Å². The van der Waals surface area contributed by atoms with Crippen molar-refractivity contribution < 1.29 is 9.90 Å². The number of nitrogens with zero attached hydrogens (tertiary/aromatic N) is 3. The Morgan fingerprint density at radius 3 is 2.76 bits per heavy atom. The maximum absolute atomic E-state index is 12.1. The molecule has 138 valence electrons. The monoisotopic (exact) mass is 383 g/mol. The fourth-order valence-corrected chi connectivity index (χ4v) is 3.65. The number of rotatable bonds is 9. The topological polar surface area (TPSA) is 90.4 Å². The van der Waals surface area contributed by atoms with Crippen molar-refractivity contribution in [2.75, 3.05) is 37.8 Å². The van der Waals surface area contributed by atoms with Gasteiger partial charge in [-0.05, 0) is 20.0 Å². The molecular formula is C16H25N5O2S2. The van der Waals surface area contributed by atoms with Crippen LogP contribution in [-0.4, -0.2) is 59.2 Å². The number of aromatic nitrogens is 2. The van der Waals surface area contributed by atoms with E-state index >= 15 is 0 Å². The van der Waals surface area contributed by atoms with Crippen LogP contribution in [0, 0.1) is 0 Å². The van der Waals surface area contributed by atoms with Crippen LogP contribution in [0.2, 0.25) is 0 Å². The van der Waals surface area contributed by atoms with Gasteiger partial charge in [-0.3, -0.25) is 4.79 Å². The second kappa shape index (κ2) is 9.23. The number of nitrogens with one attached hydrogen (secondary N) is 2. The van der Waals surface area contributed by atoms with E-state index in [1.165, 1.54) is 22.7 Å². The van der Waals surface area contributed by atoms with Crippen molar-refractivity contribution in [1.29, 1.82) is 0 Å². The number of thiazole rings is 2. The van der Waals surface area contributed by atoms with Gasteiger partial charge >= 0.3 is 0 Å². The van der Waals surface area contributed by atoms with Gasteiger partial charge in [-0.25, -0.2) is 9.97 Å². The molecule has 0 aliphatic heterocycles. The Labute approximate surface area is 156 Å². The van der Waals surface area contributed by atoms with Crippen LogP contribution in [0.15, 0.2) is 11.6 Å². The van der Waals surface area contributed by atoms with Crippen LogP contribution >= 0.6 is 22.7 Å². The molecule has 2 aromatic rings. The highest BCUT2D eigenvalue weighted by atomic mass is 32.1. The molecule has 3 N–H and O–H groups in total. The third-order valence-electron chi connectivity index (χ3n) is 3.30. The average Bonchev–Trinajstić information content (AvgIpc) is 3.14. The van der Waals surface area contributed by atoms with E-state index in [9.17, 15) is 9.90 Å². The van der Waals surface area contributed by atoms with Crippen LogP contribution in [0.5, 0.6) is 0 Å². The maximum atomic E-state index is 12.1. The number of carbonyl (C=O) groups excluding carboxylic acids is 1. The van der Waals surface area contributed by atoms with Gasteiger partial charge in [0.15, 0.2) is 10.3 Å². The molecule has 7 nitrogen and oxygen atoms in total. The van der Waals surface area contributed by atoms with Gasteiger partial charge in [0.1, 0.15) is 0 Å². The lowest BCUT2D eigenvalue weighted by Crippen LogP contribution is -2.31. The minimum absolute atomic E-state index is 0.130. The van der Waals surface area contributed by atoms with Crippen LogP contribution < -0.4 is 10.6 Å². The van der Waals surface area contributed by atoms with E-state index in [2.05, 4.69) is 34.4 Å². The quantitative estimate of drug-likeness (QED) is 0.615. The molecule has 0 saturated heterocycles. The predicted octanol–water partition coefficient (Wildman–Crippen LogP) is 2.24. The Balaban J connectivity index is 1.80. The molecule has 2 rings (SSSR count). The molecule has 0 aliphatic carbocycles. The van der Waals surface area contributed by atoms with E-state index < -0.39 is 6.10 Å². The number of hydrogen-bond acceptors (Lipinski definition) is 8. The minimum Gasteiger partial charge on any atom is -0.390 e. The molecule has 2 heterocycles. The summed E-state index contributed by atoms with van der Waals surface area (Å²) in [6.07, 6.45) is 1.54. The number of anilines is 2. The van der Waals surface area contributed by atoms with Gasteiger partial charge < -0.3 is 20.6 Å². The van der Waals surface area contributed by atoms with Gasteiger partial charge in [-0.2, -0.15) is 0 Å². The molecule has 0 aliphatic rings. The summed E-state index contributed by atoms with van der Waals surface area (Å²) in [6, 6.07) is 0. The molecule has 0 fully saturated rings. The van der Waals surface area contributed by atoms with Crippen LogP contribution in [0.3, 0.4) is 0 Å². The Bertz CT molecular complexity index is 684. The molecule has 25 heavy (non-hydrogen) atoms. The number of aliphatic hydroxyl groups excluding tert-OH is 1. The van der Waals surface area contributed by atoms with Crippen LogP contribution in [0.4, 0.5) is 10.3 Å². The fraction of sp³-hybridized carbons (Fsp3) is 0.562. The Kier molecular flexibility index (Phi) is 7.30. The average molecular weight is 384 g/mol. The summed E-state index contributed by atoms with van der Waals surface area (Å²) in [6.45, 7) is 5.20. The largest absolute Gasteiger partial charge is 0.390 e. The highest BCUT2D eigenvalue weighted by Gasteiger charge is 2.12. The van der Waals surface area contributed by atoms with E-state index in [1.807, 2.05) is 24.4 Å². The molecule has 2 aromatic heterocycles. The summed E-state index contributed by atoms with van der Waals surface area (Å²) in [5.41, 5.74) is 0.702. The van der Waals surface area contributed by atoms with E-state index in [0.29, 0.717) is 35.0 Å². The highest BCUT2D eigenvalue weighted by molar-refractivity contribution is 7.15.